The molecule has 2 aliphatic heterocycles. The van der Waals surface area contributed by atoms with Crippen LogP contribution in [0.25, 0.3) is 0 Å². The van der Waals surface area contributed by atoms with Gasteiger partial charge in [-0.25, -0.2) is 0 Å². The Balaban J connectivity index is 1.85. The molecule has 0 bridgehead atoms. The molecule has 0 spiro atoms. The molecule has 0 saturated carbocycles. The van der Waals surface area contributed by atoms with Gasteiger partial charge in [-0.1, -0.05) is 13.0 Å². The fourth-order valence-corrected chi connectivity index (χ4v) is 2.80. The van der Waals surface area contributed by atoms with E-state index < -0.39 is 11.7 Å². The minimum Gasteiger partial charge on any atom is -0.381 e. The van der Waals surface area contributed by atoms with Crippen molar-refractivity contribution in [2.24, 2.45) is 5.92 Å². The van der Waals surface area contributed by atoms with Crippen LogP contribution in [0.2, 0.25) is 0 Å². The summed E-state index contributed by atoms with van der Waals surface area (Å²) < 4.78 is 5.20. The van der Waals surface area contributed by atoms with Gasteiger partial charge in [0.1, 0.15) is 0 Å². The summed E-state index contributed by atoms with van der Waals surface area (Å²) in [5, 5.41) is 0. The lowest BCUT2D eigenvalue weighted by atomic mass is 10.0. The number of fused-ring (bicyclic) bond motifs is 1. The summed E-state index contributed by atoms with van der Waals surface area (Å²) in [6.45, 7) is 2.94. The normalized spacial score (nSPS) is 21.0. The van der Waals surface area contributed by atoms with Crippen LogP contribution in [0.15, 0.2) is 18.2 Å². The number of ketones is 2. The molecule has 5 heteroatoms. The molecule has 110 valence electrons. The number of hydrogen-bond acceptors (Lipinski definition) is 4. The maximum Gasteiger partial charge on any atom is 0.299 e. The van der Waals surface area contributed by atoms with Crippen LogP contribution in [0.4, 0.5) is 5.69 Å². The van der Waals surface area contributed by atoms with Crippen LogP contribution < -0.4 is 4.90 Å². The summed E-state index contributed by atoms with van der Waals surface area (Å²) in [6, 6.07) is 5.40. The van der Waals surface area contributed by atoms with E-state index in [9.17, 15) is 14.4 Å². The number of ether oxygens (including phenoxy) is 1. The van der Waals surface area contributed by atoms with E-state index in [1.807, 2.05) is 13.0 Å². The van der Waals surface area contributed by atoms with Crippen LogP contribution in [0, 0.1) is 5.92 Å². The Morgan fingerprint density at radius 1 is 1.38 bits per heavy atom. The van der Waals surface area contributed by atoms with Gasteiger partial charge in [-0.3, -0.25) is 19.3 Å². The Hall–Kier alpha value is -2.01. The number of carbonyl (C=O) groups is 3. The minimum absolute atomic E-state index is 0.0407. The zero-order valence-electron chi connectivity index (χ0n) is 11.9. The second-order valence-electron chi connectivity index (χ2n) is 5.45. The van der Waals surface area contributed by atoms with E-state index in [2.05, 4.69) is 0 Å². The maximum atomic E-state index is 12.2. The van der Waals surface area contributed by atoms with Crippen LogP contribution in [0.1, 0.15) is 29.3 Å². The second-order valence-corrected chi connectivity index (χ2v) is 5.45. The lowest BCUT2D eigenvalue weighted by molar-refractivity contribution is -0.123. The Morgan fingerprint density at radius 2 is 2.19 bits per heavy atom. The predicted molar refractivity (Wildman–Crippen MR) is 76.4 cm³/mol. The minimum atomic E-state index is -0.606. The van der Waals surface area contributed by atoms with Crippen molar-refractivity contribution in [2.75, 3.05) is 24.7 Å². The number of hydrogen-bond donors (Lipinski definition) is 0. The Bertz CT molecular complexity index is 617. The first-order valence-corrected chi connectivity index (χ1v) is 7.21. The highest BCUT2D eigenvalue weighted by atomic mass is 16.5. The van der Waals surface area contributed by atoms with Gasteiger partial charge in [0.15, 0.2) is 5.78 Å². The lowest BCUT2D eigenvalue weighted by Gasteiger charge is -2.17. The molecule has 2 aliphatic rings. The average molecular weight is 287 g/mol. The highest BCUT2D eigenvalue weighted by molar-refractivity contribution is 6.52. The number of carbonyl (C=O) groups excluding carboxylic acids is 3. The zero-order valence-corrected chi connectivity index (χ0v) is 11.9. The monoisotopic (exact) mass is 287 g/mol. The first-order valence-electron chi connectivity index (χ1n) is 7.21. The van der Waals surface area contributed by atoms with E-state index in [0.29, 0.717) is 30.9 Å². The maximum absolute atomic E-state index is 12.2. The molecule has 1 amide bonds. The van der Waals surface area contributed by atoms with Crippen molar-refractivity contribution in [3.05, 3.63) is 29.3 Å². The van der Waals surface area contributed by atoms with Crippen molar-refractivity contribution in [3.63, 3.8) is 0 Å². The van der Waals surface area contributed by atoms with E-state index >= 15 is 0 Å². The van der Waals surface area contributed by atoms with Gasteiger partial charge < -0.3 is 4.74 Å². The van der Waals surface area contributed by atoms with Gasteiger partial charge in [0.05, 0.1) is 24.4 Å². The highest BCUT2D eigenvalue weighted by Gasteiger charge is 2.38. The molecule has 1 saturated heterocycles. The summed E-state index contributed by atoms with van der Waals surface area (Å²) in [7, 11) is 0. The molecule has 1 atom stereocenters. The zero-order chi connectivity index (χ0) is 15.0. The van der Waals surface area contributed by atoms with Gasteiger partial charge in [0, 0.05) is 12.5 Å². The van der Waals surface area contributed by atoms with Crippen molar-refractivity contribution in [1.29, 1.82) is 0 Å². The van der Waals surface area contributed by atoms with Gasteiger partial charge in [-0.05, 0) is 30.5 Å². The van der Waals surface area contributed by atoms with E-state index in [1.165, 1.54) is 4.90 Å². The Labute approximate surface area is 122 Å². The van der Waals surface area contributed by atoms with Crippen LogP contribution in [0.5, 0.6) is 0 Å². The summed E-state index contributed by atoms with van der Waals surface area (Å²) in [4.78, 5) is 37.7. The van der Waals surface area contributed by atoms with E-state index in [0.717, 1.165) is 12.0 Å². The summed E-state index contributed by atoms with van der Waals surface area (Å²) in [5.41, 5.74) is 1.97. The summed E-state index contributed by atoms with van der Waals surface area (Å²) in [5.74, 6) is -1.32. The van der Waals surface area contributed by atoms with E-state index in [1.54, 1.807) is 12.1 Å². The molecule has 2 heterocycles. The van der Waals surface area contributed by atoms with Gasteiger partial charge >= 0.3 is 0 Å². The van der Waals surface area contributed by atoms with Gasteiger partial charge in [0.25, 0.3) is 11.7 Å². The standard InChI is InChI=1S/C16H17NO4/c1-2-10-3-4-13-12(7-10)15(19)16(20)17(13)8-14(18)11-5-6-21-9-11/h3-4,7,11H,2,5-6,8-9H2,1H3. The molecule has 1 aromatic carbocycles. The van der Waals surface area contributed by atoms with Gasteiger partial charge in [-0.15, -0.1) is 0 Å². The number of nitrogens with zero attached hydrogens (tertiary/aromatic N) is 1. The smallest absolute Gasteiger partial charge is 0.299 e. The largest absolute Gasteiger partial charge is 0.381 e. The SMILES string of the molecule is CCc1ccc2c(c1)C(=O)C(=O)N2CC(=O)C1CCOC1. The molecular formula is C16H17NO4. The van der Waals surface area contributed by atoms with Crippen molar-refractivity contribution >= 4 is 23.2 Å². The number of benzene rings is 1. The molecule has 1 aromatic rings. The number of anilines is 1. The lowest BCUT2D eigenvalue weighted by Crippen LogP contribution is -2.37. The number of rotatable bonds is 4. The first kappa shape index (κ1) is 13.9. The Kier molecular flexibility index (Phi) is 3.59. The van der Waals surface area contributed by atoms with Crippen LogP contribution in [0.3, 0.4) is 0 Å². The van der Waals surface area contributed by atoms with Crippen molar-refractivity contribution in [3.8, 4) is 0 Å². The molecule has 0 aromatic heterocycles. The molecule has 1 fully saturated rings. The molecule has 5 nitrogen and oxygen atoms in total. The van der Waals surface area contributed by atoms with Crippen molar-refractivity contribution < 1.29 is 19.1 Å². The van der Waals surface area contributed by atoms with Crippen molar-refractivity contribution in [1.82, 2.24) is 0 Å². The van der Waals surface area contributed by atoms with Crippen molar-refractivity contribution in [2.45, 2.75) is 19.8 Å². The third-order valence-electron chi connectivity index (χ3n) is 4.14. The molecule has 0 N–H and O–H groups in total. The molecule has 0 radical (unpaired) electrons. The van der Waals surface area contributed by atoms with Gasteiger partial charge in [-0.2, -0.15) is 0 Å². The molecule has 21 heavy (non-hydrogen) atoms. The number of amides is 1. The third-order valence-corrected chi connectivity index (χ3v) is 4.14. The van der Waals surface area contributed by atoms with Gasteiger partial charge in [0.2, 0.25) is 0 Å². The fourth-order valence-electron chi connectivity index (χ4n) is 2.80. The molecular weight excluding hydrogens is 270 g/mol. The number of aryl methyl sites for hydroxylation is 1. The fraction of sp³-hybridized carbons (Fsp3) is 0.438. The first-order chi connectivity index (χ1) is 10.1. The molecule has 0 aliphatic carbocycles. The summed E-state index contributed by atoms with van der Waals surface area (Å²) in [6.07, 6.45) is 1.49. The van der Waals surface area contributed by atoms with Crippen LogP contribution in [-0.4, -0.2) is 37.2 Å². The molecule has 1 unspecified atom stereocenters. The third kappa shape index (κ3) is 2.38. The van der Waals surface area contributed by atoms with E-state index in [4.69, 9.17) is 4.74 Å². The Morgan fingerprint density at radius 3 is 2.86 bits per heavy atom. The van der Waals surface area contributed by atoms with Crippen LogP contribution >= 0.6 is 0 Å². The topological polar surface area (TPSA) is 63.7 Å². The average Bonchev–Trinajstić information content (AvgIpc) is 3.11. The van der Waals surface area contributed by atoms with Crippen LogP contribution in [-0.2, 0) is 20.7 Å². The predicted octanol–water partition coefficient (Wildman–Crippen LogP) is 1.38. The summed E-state index contributed by atoms with van der Waals surface area (Å²) >= 11 is 0. The quantitative estimate of drug-likeness (QED) is 0.785. The second kappa shape index (κ2) is 5.41. The highest BCUT2D eigenvalue weighted by Crippen LogP contribution is 2.30. The molecule has 3 rings (SSSR count). The van der Waals surface area contributed by atoms with E-state index in [-0.39, 0.29) is 18.2 Å². The number of Topliss-reactive ketones (excluding diaryl/α,β-unsaturated/α-hetero) is 2.